The van der Waals surface area contributed by atoms with Crippen LogP contribution in [0.5, 0.6) is 5.75 Å². The van der Waals surface area contributed by atoms with Crippen LogP contribution >= 0.6 is 0 Å². The van der Waals surface area contributed by atoms with Gasteiger partial charge in [0.2, 0.25) is 0 Å². The number of methoxy groups -OCH3 is 1. The standard InChI is InChI=1S/C7H7N3O.Ag/c1-11-5-2-3-6-7(4-5)9-10-8-6;/h2-4H,1H3,(H,8,9,10);. The topological polar surface area (TPSA) is 50.8 Å². The number of hydrogen-bond acceptors (Lipinski definition) is 3. The van der Waals surface area contributed by atoms with Crippen LogP contribution in [0.3, 0.4) is 0 Å². The normalized spacial score (nSPS) is 9.42. The summed E-state index contributed by atoms with van der Waals surface area (Å²) in [6, 6.07) is 5.58. The summed E-state index contributed by atoms with van der Waals surface area (Å²) in [5.41, 5.74) is 1.75. The molecule has 1 aromatic carbocycles. The summed E-state index contributed by atoms with van der Waals surface area (Å²) < 4.78 is 5.01. The minimum absolute atomic E-state index is 0. The average molecular weight is 257 g/mol. The number of nitrogens with zero attached hydrogens (tertiary/aromatic N) is 2. The van der Waals surface area contributed by atoms with Crippen molar-refractivity contribution in [2.24, 2.45) is 0 Å². The van der Waals surface area contributed by atoms with Crippen molar-refractivity contribution in [3.8, 4) is 5.75 Å². The van der Waals surface area contributed by atoms with E-state index in [1.807, 2.05) is 18.2 Å². The Balaban J connectivity index is 0.000000720. The van der Waals surface area contributed by atoms with Gasteiger partial charge in [0.05, 0.1) is 12.6 Å². The van der Waals surface area contributed by atoms with Crippen molar-refractivity contribution < 1.29 is 27.1 Å². The molecule has 0 saturated carbocycles. The molecule has 2 rings (SSSR count). The van der Waals surface area contributed by atoms with E-state index in [1.165, 1.54) is 0 Å². The fourth-order valence-electron chi connectivity index (χ4n) is 0.948. The fourth-order valence-corrected chi connectivity index (χ4v) is 0.948. The molecular formula is C7H7AgN3O. The maximum atomic E-state index is 5.01. The third-order valence-corrected chi connectivity index (χ3v) is 1.53. The van der Waals surface area contributed by atoms with Gasteiger partial charge in [-0.25, -0.2) is 0 Å². The molecule has 0 saturated heterocycles. The molecule has 67 valence electrons. The minimum atomic E-state index is 0. The first-order valence-electron chi connectivity index (χ1n) is 3.25. The number of nitrogens with one attached hydrogen (secondary N) is 1. The Morgan fingerprint density at radius 1 is 1.42 bits per heavy atom. The van der Waals surface area contributed by atoms with Crippen LogP contribution in [0.15, 0.2) is 18.2 Å². The predicted molar refractivity (Wildman–Crippen MR) is 40.4 cm³/mol. The van der Waals surface area contributed by atoms with Crippen molar-refractivity contribution in [1.29, 1.82) is 0 Å². The third kappa shape index (κ3) is 1.50. The molecule has 0 bridgehead atoms. The van der Waals surface area contributed by atoms with Crippen molar-refractivity contribution in [2.45, 2.75) is 0 Å². The molecule has 1 aromatic heterocycles. The number of aromatic nitrogens is 3. The Labute approximate surface area is 84.8 Å². The van der Waals surface area contributed by atoms with E-state index >= 15 is 0 Å². The van der Waals surface area contributed by atoms with Crippen LogP contribution in [0.2, 0.25) is 0 Å². The van der Waals surface area contributed by atoms with E-state index in [1.54, 1.807) is 7.11 Å². The van der Waals surface area contributed by atoms with E-state index in [2.05, 4.69) is 15.4 Å². The molecule has 0 aliphatic carbocycles. The largest absolute Gasteiger partial charge is 0.497 e. The predicted octanol–water partition coefficient (Wildman–Crippen LogP) is 0.964. The smallest absolute Gasteiger partial charge is 0.121 e. The second-order valence-corrected chi connectivity index (χ2v) is 2.19. The summed E-state index contributed by atoms with van der Waals surface area (Å²) in [6.07, 6.45) is 0. The summed E-state index contributed by atoms with van der Waals surface area (Å²) >= 11 is 0. The fraction of sp³-hybridized carbons (Fsp3) is 0.143. The maximum Gasteiger partial charge on any atom is 0.121 e. The number of ether oxygens (including phenoxy) is 1. The van der Waals surface area contributed by atoms with E-state index in [0.29, 0.717) is 0 Å². The van der Waals surface area contributed by atoms with Gasteiger partial charge in [0, 0.05) is 28.4 Å². The number of H-pyrrole nitrogens is 1. The molecular weight excluding hydrogens is 250 g/mol. The van der Waals surface area contributed by atoms with Gasteiger partial charge in [0.15, 0.2) is 0 Å². The van der Waals surface area contributed by atoms with Gasteiger partial charge >= 0.3 is 0 Å². The molecule has 0 aliphatic heterocycles. The number of rotatable bonds is 1. The quantitative estimate of drug-likeness (QED) is 0.774. The Morgan fingerprint density at radius 3 is 3.00 bits per heavy atom. The zero-order valence-corrected chi connectivity index (χ0v) is 7.82. The zero-order chi connectivity index (χ0) is 7.68. The van der Waals surface area contributed by atoms with Crippen LogP contribution in [0.1, 0.15) is 0 Å². The van der Waals surface area contributed by atoms with Gasteiger partial charge in [-0.15, -0.1) is 5.10 Å². The zero-order valence-electron chi connectivity index (χ0n) is 6.34. The van der Waals surface area contributed by atoms with E-state index in [9.17, 15) is 0 Å². The molecule has 0 fully saturated rings. The molecule has 0 atom stereocenters. The second kappa shape index (κ2) is 3.71. The van der Waals surface area contributed by atoms with Gasteiger partial charge < -0.3 is 4.74 Å². The first-order chi connectivity index (χ1) is 5.40. The molecule has 4 nitrogen and oxygen atoms in total. The van der Waals surface area contributed by atoms with Crippen LogP contribution in [0.4, 0.5) is 0 Å². The first kappa shape index (κ1) is 9.25. The van der Waals surface area contributed by atoms with Crippen LogP contribution in [-0.2, 0) is 22.4 Å². The summed E-state index contributed by atoms with van der Waals surface area (Å²) in [6.45, 7) is 0. The molecule has 0 spiro atoms. The van der Waals surface area contributed by atoms with E-state index < -0.39 is 0 Å². The minimum Gasteiger partial charge on any atom is -0.497 e. The average Bonchev–Trinajstić information content (AvgIpc) is 2.50. The van der Waals surface area contributed by atoms with E-state index in [4.69, 9.17) is 4.74 Å². The van der Waals surface area contributed by atoms with Crippen LogP contribution < -0.4 is 4.74 Å². The second-order valence-electron chi connectivity index (χ2n) is 2.19. The maximum absolute atomic E-state index is 5.01. The molecule has 0 aliphatic rings. The third-order valence-electron chi connectivity index (χ3n) is 1.53. The molecule has 12 heavy (non-hydrogen) atoms. The molecule has 1 radical (unpaired) electrons. The van der Waals surface area contributed by atoms with Gasteiger partial charge in [-0.3, -0.25) is 5.10 Å². The van der Waals surface area contributed by atoms with Crippen LogP contribution in [0, 0.1) is 0 Å². The Kier molecular flexibility index (Phi) is 2.86. The Hall–Kier alpha value is -0.840. The molecule has 1 N–H and O–H groups in total. The Bertz CT molecular complexity index is 373. The van der Waals surface area contributed by atoms with Gasteiger partial charge in [0.25, 0.3) is 0 Å². The van der Waals surface area contributed by atoms with Gasteiger partial charge in [0.1, 0.15) is 11.3 Å². The van der Waals surface area contributed by atoms with Crippen LogP contribution in [-0.4, -0.2) is 22.5 Å². The van der Waals surface area contributed by atoms with Crippen molar-refractivity contribution in [2.75, 3.05) is 7.11 Å². The van der Waals surface area contributed by atoms with Gasteiger partial charge in [-0.1, -0.05) is 5.21 Å². The molecule has 5 heteroatoms. The number of aromatic amines is 1. The molecule has 0 unspecified atom stereocenters. The summed E-state index contributed by atoms with van der Waals surface area (Å²) in [5, 5.41) is 10.2. The van der Waals surface area contributed by atoms with E-state index in [0.717, 1.165) is 16.8 Å². The SMILES string of the molecule is COc1ccc2[nH]nnc2c1.[Ag]. The van der Waals surface area contributed by atoms with Crippen molar-refractivity contribution in [1.82, 2.24) is 15.4 Å². The van der Waals surface area contributed by atoms with Crippen molar-refractivity contribution in [3.63, 3.8) is 0 Å². The molecule has 2 aromatic rings. The van der Waals surface area contributed by atoms with E-state index in [-0.39, 0.29) is 22.4 Å². The summed E-state index contributed by atoms with van der Waals surface area (Å²) in [7, 11) is 1.63. The molecule has 1 heterocycles. The molecule has 0 amide bonds. The van der Waals surface area contributed by atoms with Crippen LogP contribution in [0.25, 0.3) is 11.0 Å². The van der Waals surface area contributed by atoms with Crippen molar-refractivity contribution in [3.05, 3.63) is 18.2 Å². The van der Waals surface area contributed by atoms with Gasteiger partial charge in [-0.05, 0) is 12.1 Å². The number of fused-ring (bicyclic) bond motifs is 1. The number of benzene rings is 1. The van der Waals surface area contributed by atoms with Gasteiger partial charge in [-0.2, -0.15) is 0 Å². The summed E-state index contributed by atoms with van der Waals surface area (Å²) in [4.78, 5) is 0. The Morgan fingerprint density at radius 2 is 2.25 bits per heavy atom. The number of hydrogen-bond donors (Lipinski definition) is 1. The monoisotopic (exact) mass is 256 g/mol. The summed E-state index contributed by atoms with van der Waals surface area (Å²) in [5.74, 6) is 0.798. The van der Waals surface area contributed by atoms with Crippen molar-refractivity contribution >= 4 is 11.0 Å². The first-order valence-corrected chi connectivity index (χ1v) is 3.25.